The Bertz CT molecular complexity index is 1300. The van der Waals surface area contributed by atoms with E-state index in [1.807, 2.05) is 0 Å². The van der Waals surface area contributed by atoms with Gasteiger partial charge in [0.15, 0.2) is 5.82 Å². The highest BCUT2D eigenvalue weighted by Crippen LogP contribution is 2.38. The average molecular weight is 497 g/mol. The summed E-state index contributed by atoms with van der Waals surface area (Å²) < 4.78 is 0. The molecular weight excluding hydrogens is 452 g/mol. The number of fused-ring (bicyclic) bond motifs is 1. The first-order valence-electron chi connectivity index (χ1n) is 14.1. The summed E-state index contributed by atoms with van der Waals surface area (Å²) in [7, 11) is 0. The molecule has 4 nitrogen and oxygen atoms in total. The van der Waals surface area contributed by atoms with Gasteiger partial charge in [-0.3, -0.25) is 0 Å². The molecule has 3 heterocycles. The van der Waals surface area contributed by atoms with Gasteiger partial charge in [0.1, 0.15) is 5.82 Å². The van der Waals surface area contributed by atoms with E-state index in [1.165, 1.54) is 63.2 Å². The monoisotopic (exact) mass is 496 g/mol. The number of benzene rings is 2. The minimum Gasteiger partial charge on any atom is -0.366 e. The molecule has 37 heavy (non-hydrogen) atoms. The van der Waals surface area contributed by atoms with Crippen LogP contribution in [0.3, 0.4) is 0 Å². The Morgan fingerprint density at radius 1 is 0.865 bits per heavy atom. The molecule has 2 aliphatic heterocycles. The molecule has 5 rings (SSSR count). The van der Waals surface area contributed by atoms with Crippen LogP contribution in [0.25, 0.3) is 11.4 Å². The molecule has 1 aromatic heterocycles. The fraction of sp³-hybridized carbons (Fsp3) is 0.515. The second-order valence-electron chi connectivity index (χ2n) is 12.6. The van der Waals surface area contributed by atoms with Crippen LogP contribution in [0.15, 0.2) is 30.3 Å². The molecule has 0 aliphatic carbocycles. The minimum atomic E-state index is 0.294. The topological polar surface area (TPSA) is 32.3 Å². The molecule has 0 saturated carbocycles. The van der Waals surface area contributed by atoms with Crippen LogP contribution in [0, 0.1) is 33.1 Å². The second-order valence-corrected chi connectivity index (χ2v) is 12.6. The number of piperidine rings is 1. The van der Waals surface area contributed by atoms with Crippen LogP contribution in [0.5, 0.6) is 0 Å². The van der Waals surface area contributed by atoms with Crippen LogP contribution in [-0.2, 0) is 13.0 Å². The van der Waals surface area contributed by atoms with Crippen LogP contribution < -0.4 is 9.80 Å². The van der Waals surface area contributed by atoms with Crippen molar-refractivity contribution < 1.29 is 0 Å². The van der Waals surface area contributed by atoms with Gasteiger partial charge in [-0.05, 0) is 80.2 Å². The first-order chi connectivity index (χ1) is 17.5. The minimum absolute atomic E-state index is 0.294. The average Bonchev–Trinajstić information content (AvgIpc) is 2.82. The lowest BCUT2D eigenvalue weighted by molar-refractivity contribution is 0.291. The Balaban J connectivity index is 1.62. The molecule has 0 N–H and O–H groups in total. The smallest absolute Gasteiger partial charge is 0.162 e. The van der Waals surface area contributed by atoms with Gasteiger partial charge >= 0.3 is 0 Å². The van der Waals surface area contributed by atoms with Crippen LogP contribution in [0.2, 0.25) is 0 Å². The van der Waals surface area contributed by atoms with E-state index in [-0.39, 0.29) is 0 Å². The Kier molecular flexibility index (Phi) is 6.81. The largest absolute Gasteiger partial charge is 0.366 e. The normalized spacial score (nSPS) is 17.3. The van der Waals surface area contributed by atoms with Gasteiger partial charge < -0.3 is 9.80 Å². The fourth-order valence-corrected chi connectivity index (χ4v) is 6.44. The highest BCUT2D eigenvalue weighted by atomic mass is 15.2. The lowest BCUT2D eigenvalue weighted by Crippen LogP contribution is -2.42. The van der Waals surface area contributed by atoms with Crippen LogP contribution >= 0.6 is 0 Å². The lowest BCUT2D eigenvalue weighted by atomic mass is 9.84. The molecule has 0 radical (unpaired) electrons. The Hall–Kier alpha value is -2.88. The molecule has 2 aliphatic rings. The Morgan fingerprint density at radius 3 is 2.27 bits per heavy atom. The number of hydrogen-bond acceptors (Lipinski definition) is 4. The lowest BCUT2D eigenvalue weighted by Gasteiger charge is -2.41. The standard InChI is InChI=1S/C33H44N4/c1-21(2)26-11-10-23(4)29(18-26)36-15-12-28-27(19-36)32(37-14-9-13-33(7,8)20-37)35-31(34-28)30-24(5)16-22(3)17-25(30)6/h10-11,16-18,21H,9,12-15,19-20H2,1-8H3. The quantitative estimate of drug-likeness (QED) is 0.371. The third-order valence-corrected chi connectivity index (χ3v) is 8.38. The van der Waals surface area contributed by atoms with Crippen LogP contribution in [0.1, 0.15) is 85.5 Å². The maximum Gasteiger partial charge on any atom is 0.162 e. The van der Waals surface area contributed by atoms with Crippen molar-refractivity contribution in [1.29, 1.82) is 0 Å². The summed E-state index contributed by atoms with van der Waals surface area (Å²) in [5.74, 6) is 2.59. The van der Waals surface area contributed by atoms with Crippen molar-refractivity contribution in [2.45, 2.75) is 87.1 Å². The van der Waals surface area contributed by atoms with E-state index in [0.717, 1.165) is 44.2 Å². The first-order valence-corrected chi connectivity index (χ1v) is 14.1. The van der Waals surface area contributed by atoms with E-state index in [2.05, 4.69) is 95.5 Å². The van der Waals surface area contributed by atoms with Gasteiger partial charge in [-0.15, -0.1) is 0 Å². The van der Waals surface area contributed by atoms with Gasteiger partial charge in [-0.2, -0.15) is 0 Å². The number of anilines is 2. The van der Waals surface area contributed by atoms with Gasteiger partial charge in [0.25, 0.3) is 0 Å². The van der Waals surface area contributed by atoms with E-state index < -0.39 is 0 Å². The van der Waals surface area contributed by atoms with Crippen molar-refractivity contribution in [1.82, 2.24) is 9.97 Å². The van der Waals surface area contributed by atoms with E-state index in [0.29, 0.717) is 11.3 Å². The molecule has 196 valence electrons. The predicted octanol–water partition coefficient (Wildman–Crippen LogP) is 7.69. The summed E-state index contributed by atoms with van der Waals surface area (Å²) in [6.07, 6.45) is 3.43. The molecule has 0 atom stereocenters. The summed E-state index contributed by atoms with van der Waals surface area (Å²) in [4.78, 5) is 15.8. The number of nitrogens with zero attached hydrogens (tertiary/aromatic N) is 4. The van der Waals surface area contributed by atoms with Crippen molar-refractivity contribution in [3.05, 3.63) is 69.4 Å². The van der Waals surface area contributed by atoms with Gasteiger partial charge in [-0.1, -0.05) is 57.5 Å². The van der Waals surface area contributed by atoms with Crippen molar-refractivity contribution in [2.24, 2.45) is 5.41 Å². The van der Waals surface area contributed by atoms with Crippen molar-refractivity contribution in [3.8, 4) is 11.4 Å². The van der Waals surface area contributed by atoms with E-state index in [9.17, 15) is 0 Å². The summed E-state index contributed by atoms with van der Waals surface area (Å²) >= 11 is 0. The summed E-state index contributed by atoms with van der Waals surface area (Å²) in [5.41, 5.74) is 12.0. The Labute approximate surface area is 224 Å². The first kappa shape index (κ1) is 25.8. The third-order valence-electron chi connectivity index (χ3n) is 8.38. The van der Waals surface area contributed by atoms with Gasteiger partial charge in [0, 0.05) is 49.4 Å². The molecule has 4 heteroatoms. The van der Waals surface area contributed by atoms with Gasteiger partial charge in [0.05, 0.1) is 5.69 Å². The zero-order valence-corrected chi connectivity index (χ0v) is 24.2. The van der Waals surface area contributed by atoms with E-state index in [4.69, 9.17) is 9.97 Å². The predicted molar refractivity (Wildman–Crippen MR) is 157 cm³/mol. The molecule has 2 aromatic carbocycles. The summed E-state index contributed by atoms with van der Waals surface area (Å²) in [5, 5.41) is 0. The highest BCUT2D eigenvalue weighted by Gasteiger charge is 2.32. The van der Waals surface area contributed by atoms with Crippen LogP contribution in [0.4, 0.5) is 11.5 Å². The molecule has 0 bridgehead atoms. The third kappa shape index (κ3) is 5.12. The Morgan fingerprint density at radius 2 is 1.59 bits per heavy atom. The second kappa shape index (κ2) is 9.78. The maximum absolute atomic E-state index is 5.38. The highest BCUT2D eigenvalue weighted by molar-refractivity contribution is 5.69. The zero-order chi connectivity index (χ0) is 26.5. The number of hydrogen-bond donors (Lipinski definition) is 0. The number of rotatable bonds is 4. The van der Waals surface area contributed by atoms with E-state index in [1.54, 1.807) is 0 Å². The number of aromatic nitrogens is 2. The van der Waals surface area contributed by atoms with Crippen molar-refractivity contribution in [2.75, 3.05) is 29.4 Å². The van der Waals surface area contributed by atoms with E-state index >= 15 is 0 Å². The fourth-order valence-electron chi connectivity index (χ4n) is 6.44. The van der Waals surface area contributed by atoms with Gasteiger partial charge in [0.2, 0.25) is 0 Å². The molecular formula is C33H44N4. The maximum atomic E-state index is 5.38. The molecule has 3 aromatic rings. The van der Waals surface area contributed by atoms with Crippen molar-refractivity contribution in [3.63, 3.8) is 0 Å². The molecule has 0 spiro atoms. The number of aryl methyl sites for hydroxylation is 4. The van der Waals surface area contributed by atoms with Crippen molar-refractivity contribution >= 4 is 11.5 Å². The van der Waals surface area contributed by atoms with Crippen LogP contribution in [-0.4, -0.2) is 29.6 Å². The molecule has 1 saturated heterocycles. The summed E-state index contributed by atoms with van der Waals surface area (Å²) in [6.45, 7) is 22.1. The SMILES string of the molecule is Cc1cc(C)c(-c2nc3c(c(N4CCCC(C)(C)C4)n2)CN(c2cc(C(C)C)ccc2C)CC3)c(C)c1. The molecule has 0 amide bonds. The molecule has 0 unspecified atom stereocenters. The zero-order valence-electron chi connectivity index (χ0n) is 24.2. The van der Waals surface area contributed by atoms with Gasteiger partial charge in [-0.25, -0.2) is 9.97 Å². The summed E-state index contributed by atoms with van der Waals surface area (Å²) in [6, 6.07) is 11.5. The molecule has 1 fully saturated rings.